The maximum atomic E-state index is 11.5. The smallest absolute Gasteiger partial charge is 0.243 e. The Morgan fingerprint density at radius 3 is 2.81 bits per heavy atom. The van der Waals surface area contributed by atoms with Gasteiger partial charge in [-0.15, -0.1) is 0 Å². The summed E-state index contributed by atoms with van der Waals surface area (Å²) >= 11 is 0. The minimum absolute atomic E-state index is 0.0297. The largest absolute Gasteiger partial charge is 0.483 e. The molecule has 0 spiro atoms. The van der Waals surface area contributed by atoms with E-state index in [9.17, 15) is 4.79 Å². The summed E-state index contributed by atoms with van der Waals surface area (Å²) in [5.74, 6) is 0.887. The molecule has 1 aromatic carbocycles. The second-order valence-electron chi connectivity index (χ2n) is 6.17. The zero-order valence-corrected chi connectivity index (χ0v) is 13.2. The molecule has 0 bridgehead atoms. The van der Waals surface area contributed by atoms with Gasteiger partial charge in [-0.2, -0.15) is 0 Å². The van der Waals surface area contributed by atoms with Crippen molar-refractivity contribution in [2.45, 2.75) is 39.7 Å². The van der Waals surface area contributed by atoms with Crippen LogP contribution in [-0.4, -0.2) is 18.1 Å². The molecule has 3 heteroatoms. The van der Waals surface area contributed by atoms with Gasteiger partial charge in [-0.3, -0.25) is 4.79 Å². The number of fused-ring (bicyclic) bond motifs is 1. The SMILES string of the molecule is CC(C)=CC(=O)NCCc1ccc2c(c1)C=CC(C)(C)O2. The van der Waals surface area contributed by atoms with Gasteiger partial charge >= 0.3 is 0 Å². The number of rotatable bonds is 4. The molecular weight excluding hydrogens is 262 g/mol. The van der Waals surface area contributed by atoms with E-state index in [1.807, 2.05) is 33.8 Å². The van der Waals surface area contributed by atoms with Crippen molar-refractivity contribution in [2.24, 2.45) is 0 Å². The number of carbonyl (C=O) groups is 1. The summed E-state index contributed by atoms with van der Waals surface area (Å²) in [6.45, 7) is 8.55. The molecule has 1 aliphatic heterocycles. The topological polar surface area (TPSA) is 38.3 Å². The number of allylic oxidation sites excluding steroid dienone is 1. The minimum atomic E-state index is -0.243. The molecule has 0 aliphatic carbocycles. The molecule has 0 atom stereocenters. The van der Waals surface area contributed by atoms with Gasteiger partial charge in [0.25, 0.3) is 0 Å². The molecule has 0 radical (unpaired) electrons. The summed E-state index contributed by atoms with van der Waals surface area (Å²) in [4.78, 5) is 11.5. The molecule has 1 aliphatic rings. The van der Waals surface area contributed by atoms with Crippen LogP contribution in [0.15, 0.2) is 35.9 Å². The zero-order chi connectivity index (χ0) is 15.5. The van der Waals surface area contributed by atoms with Crippen LogP contribution in [0.3, 0.4) is 0 Å². The molecule has 2 rings (SSSR count). The van der Waals surface area contributed by atoms with Crippen molar-refractivity contribution in [1.29, 1.82) is 0 Å². The molecule has 0 fully saturated rings. The standard InChI is InChI=1S/C18H23NO2/c1-13(2)11-17(20)19-10-8-14-5-6-16-15(12-14)7-9-18(3,4)21-16/h5-7,9,11-12H,8,10H2,1-4H3,(H,19,20). The molecule has 21 heavy (non-hydrogen) atoms. The predicted octanol–water partition coefficient (Wildman–Crippen LogP) is 3.50. The Kier molecular flexibility index (Phi) is 4.51. The fourth-order valence-electron chi connectivity index (χ4n) is 2.23. The first kappa shape index (κ1) is 15.4. The van der Waals surface area contributed by atoms with E-state index in [1.54, 1.807) is 6.08 Å². The van der Waals surface area contributed by atoms with Gasteiger partial charge in [0.05, 0.1) is 0 Å². The van der Waals surface area contributed by atoms with E-state index in [4.69, 9.17) is 4.74 Å². The molecule has 1 N–H and O–H groups in total. The quantitative estimate of drug-likeness (QED) is 0.860. The number of carbonyl (C=O) groups excluding carboxylic acids is 1. The fraction of sp³-hybridized carbons (Fsp3) is 0.389. The Labute approximate surface area is 126 Å². The summed E-state index contributed by atoms with van der Waals surface area (Å²) in [5.41, 5.74) is 3.06. The lowest BCUT2D eigenvalue weighted by molar-refractivity contribution is -0.116. The first-order valence-corrected chi connectivity index (χ1v) is 7.30. The number of hydrogen-bond acceptors (Lipinski definition) is 2. The molecular formula is C18H23NO2. The van der Waals surface area contributed by atoms with E-state index in [-0.39, 0.29) is 11.5 Å². The molecule has 0 saturated heterocycles. The Morgan fingerprint density at radius 1 is 1.33 bits per heavy atom. The van der Waals surface area contributed by atoms with Gasteiger partial charge < -0.3 is 10.1 Å². The summed E-state index contributed by atoms with van der Waals surface area (Å²) < 4.78 is 5.90. The van der Waals surface area contributed by atoms with Gasteiger partial charge in [0.1, 0.15) is 11.4 Å². The van der Waals surface area contributed by atoms with E-state index >= 15 is 0 Å². The lowest BCUT2D eigenvalue weighted by Gasteiger charge is -2.28. The first-order valence-electron chi connectivity index (χ1n) is 7.30. The van der Waals surface area contributed by atoms with Crippen LogP contribution >= 0.6 is 0 Å². The maximum absolute atomic E-state index is 11.5. The molecule has 112 valence electrons. The third-order valence-electron chi connectivity index (χ3n) is 3.24. The van der Waals surface area contributed by atoms with Crippen LogP contribution in [0.4, 0.5) is 0 Å². The highest BCUT2D eigenvalue weighted by molar-refractivity contribution is 5.88. The fourth-order valence-corrected chi connectivity index (χ4v) is 2.23. The molecule has 0 saturated carbocycles. The van der Waals surface area contributed by atoms with E-state index in [0.717, 1.165) is 23.3 Å². The molecule has 0 aromatic heterocycles. The first-order chi connectivity index (χ1) is 9.85. The highest BCUT2D eigenvalue weighted by Gasteiger charge is 2.21. The van der Waals surface area contributed by atoms with Crippen molar-refractivity contribution in [3.63, 3.8) is 0 Å². The number of benzene rings is 1. The average Bonchev–Trinajstić information content (AvgIpc) is 2.37. The maximum Gasteiger partial charge on any atom is 0.243 e. The van der Waals surface area contributed by atoms with Crippen molar-refractivity contribution in [1.82, 2.24) is 5.32 Å². The van der Waals surface area contributed by atoms with E-state index < -0.39 is 0 Å². The Bertz CT molecular complexity index is 593. The second-order valence-corrected chi connectivity index (χ2v) is 6.17. The van der Waals surface area contributed by atoms with E-state index in [0.29, 0.717) is 6.54 Å². The summed E-state index contributed by atoms with van der Waals surface area (Å²) in [6, 6.07) is 6.18. The van der Waals surface area contributed by atoms with Gasteiger partial charge in [0.2, 0.25) is 5.91 Å². The summed E-state index contributed by atoms with van der Waals surface area (Å²) in [6.07, 6.45) is 6.60. The highest BCUT2D eigenvalue weighted by atomic mass is 16.5. The van der Waals surface area contributed by atoms with Gasteiger partial charge in [-0.05, 0) is 57.9 Å². The highest BCUT2D eigenvalue weighted by Crippen LogP contribution is 2.31. The van der Waals surface area contributed by atoms with Crippen LogP contribution in [0.1, 0.15) is 38.8 Å². The molecule has 0 unspecified atom stereocenters. The minimum Gasteiger partial charge on any atom is -0.483 e. The zero-order valence-electron chi connectivity index (χ0n) is 13.2. The molecule has 1 aromatic rings. The lowest BCUT2D eigenvalue weighted by Crippen LogP contribution is -2.27. The van der Waals surface area contributed by atoms with Gasteiger partial charge in [0, 0.05) is 18.2 Å². The van der Waals surface area contributed by atoms with Crippen molar-refractivity contribution in [3.8, 4) is 5.75 Å². The molecule has 3 nitrogen and oxygen atoms in total. The lowest BCUT2D eigenvalue weighted by atomic mass is 10.00. The molecule has 1 heterocycles. The van der Waals surface area contributed by atoms with Gasteiger partial charge in [-0.1, -0.05) is 17.7 Å². The third kappa shape index (κ3) is 4.48. The monoisotopic (exact) mass is 285 g/mol. The van der Waals surface area contributed by atoms with Crippen molar-refractivity contribution < 1.29 is 9.53 Å². The summed E-state index contributed by atoms with van der Waals surface area (Å²) in [7, 11) is 0. The normalized spacial score (nSPS) is 14.9. The Hall–Kier alpha value is -2.03. The number of amides is 1. The number of hydrogen-bond donors (Lipinski definition) is 1. The van der Waals surface area contributed by atoms with Crippen molar-refractivity contribution >= 4 is 12.0 Å². The van der Waals surface area contributed by atoms with Crippen molar-refractivity contribution in [2.75, 3.05) is 6.54 Å². The third-order valence-corrected chi connectivity index (χ3v) is 3.24. The van der Waals surface area contributed by atoms with E-state index in [1.165, 1.54) is 5.56 Å². The van der Waals surface area contributed by atoms with Crippen LogP contribution in [0.5, 0.6) is 5.75 Å². The van der Waals surface area contributed by atoms with Crippen molar-refractivity contribution in [3.05, 3.63) is 47.1 Å². The molecule has 1 amide bonds. The number of nitrogens with one attached hydrogen (secondary N) is 1. The van der Waals surface area contributed by atoms with Crippen LogP contribution in [0.2, 0.25) is 0 Å². The van der Waals surface area contributed by atoms with Crippen LogP contribution in [0.25, 0.3) is 6.08 Å². The summed E-state index contributed by atoms with van der Waals surface area (Å²) in [5, 5.41) is 2.89. The Balaban J connectivity index is 1.95. The van der Waals surface area contributed by atoms with Crippen LogP contribution in [0, 0.1) is 0 Å². The predicted molar refractivity (Wildman–Crippen MR) is 86.3 cm³/mol. The van der Waals surface area contributed by atoms with Crippen LogP contribution < -0.4 is 10.1 Å². The van der Waals surface area contributed by atoms with Gasteiger partial charge in [0.15, 0.2) is 0 Å². The van der Waals surface area contributed by atoms with E-state index in [2.05, 4.69) is 29.6 Å². The van der Waals surface area contributed by atoms with Crippen LogP contribution in [-0.2, 0) is 11.2 Å². The Morgan fingerprint density at radius 2 is 2.10 bits per heavy atom. The second kappa shape index (κ2) is 6.17. The average molecular weight is 285 g/mol. The number of ether oxygens (including phenoxy) is 1. The van der Waals surface area contributed by atoms with Gasteiger partial charge in [-0.25, -0.2) is 0 Å².